The maximum absolute atomic E-state index is 5.33. The number of nitrogens with one attached hydrogen (secondary N) is 2. The zero-order valence-electron chi connectivity index (χ0n) is 10.3. The smallest absolute Gasteiger partial charge is 0.218 e. The molecular weight excluding hydrogens is 216 g/mol. The number of nitrogens with zero attached hydrogens (tertiary/aromatic N) is 2. The highest BCUT2D eigenvalue weighted by atomic mass is 16.5. The monoisotopic (exact) mass is 236 g/mol. The van der Waals surface area contributed by atoms with Gasteiger partial charge in [0.25, 0.3) is 0 Å². The maximum atomic E-state index is 5.33. The zero-order valence-corrected chi connectivity index (χ0v) is 10.3. The minimum absolute atomic E-state index is 0.628. The summed E-state index contributed by atoms with van der Waals surface area (Å²) in [6.45, 7) is 5.77. The number of rotatable bonds is 5. The molecule has 0 aromatic carbocycles. The molecule has 17 heavy (non-hydrogen) atoms. The Morgan fingerprint density at radius 2 is 2.47 bits per heavy atom. The molecule has 1 aliphatic rings. The fourth-order valence-corrected chi connectivity index (χ4v) is 2.01. The molecular formula is C12H20N4O. The zero-order chi connectivity index (χ0) is 11.9. The van der Waals surface area contributed by atoms with E-state index in [9.17, 15) is 0 Å². The lowest BCUT2D eigenvalue weighted by Crippen LogP contribution is -2.33. The van der Waals surface area contributed by atoms with E-state index in [2.05, 4.69) is 20.6 Å². The van der Waals surface area contributed by atoms with E-state index in [0.717, 1.165) is 25.5 Å². The van der Waals surface area contributed by atoms with Gasteiger partial charge in [0, 0.05) is 12.6 Å². The van der Waals surface area contributed by atoms with Crippen LogP contribution in [0.25, 0.3) is 0 Å². The van der Waals surface area contributed by atoms with Crippen LogP contribution in [-0.2, 0) is 0 Å². The third kappa shape index (κ3) is 3.85. The summed E-state index contributed by atoms with van der Waals surface area (Å²) in [4.78, 5) is 8.22. The number of hydrogen-bond donors (Lipinski definition) is 2. The van der Waals surface area contributed by atoms with Gasteiger partial charge in [-0.25, -0.2) is 9.97 Å². The molecule has 5 nitrogen and oxygen atoms in total. The van der Waals surface area contributed by atoms with Crippen LogP contribution in [0.3, 0.4) is 0 Å². The van der Waals surface area contributed by atoms with Crippen LogP contribution in [0.4, 0.5) is 5.82 Å². The molecule has 1 atom stereocenters. The normalized spacial score (nSPS) is 19.9. The van der Waals surface area contributed by atoms with E-state index >= 15 is 0 Å². The van der Waals surface area contributed by atoms with Crippen LogP contribution in [0.5, 0.6) is 5.88 Å². The van der Waals surface area contributed by atoms with Crippen molar-refractivity contribution in [3.63, 3.8) is 0 Å². The van der Waals surface area contributed by atoms with Crippen LogP contribution < -0.4 is 15.4 Å². The van der Waals surface area contributed by atoms with E-state index in [4.69, 9.17) is 4.74 Å². The highest BCUT2D eigenvalue weighted by molar-refractivity contribution is 5.37. The van der Waals surface area contributed by atoms with Crippen LogP contribution >= 0.6 is 0 Å². The number of anilines is 1. The van der Waals surface area contributed by atoms with Gasteiger partial charge in [-0.3, -0.25) is 0 Å². The first kappa shape index (κ1) is 12.1. The minimum Gasteiger partial charge on any atom is -0.478 e. The van der Waals surface area contributed by atoms with E-state index in [-0.39, 0.29) is 0 Å². The topological polar surface area (TPSA) is 59.1 Å². The largest absolute Gasteiger partial charge is 0.478 e. The summed E-state index contributed by atoms with van der Waals surface area (Å²) < 4.78 is 5.33. The van der Waals surface area contributed by atoms with Crippen molar-refractivity contribution in [3.05, 3.63) is 12.4 Å². The average Bonchev–Trinajstić information content (AvgIpc) is 2.39. The van der Waals surface area contributed by atoms with Crippen molar-refractivity contribution in [2.24, 2.45) is 5.92 Å². The van der Waals surface area contributed by atoms with Gasteiger partial charge in [0.15, 0.2) is 0 Å². The summed E-state index contributed by atoms with van der Waals surface area (Å²) >= 11 is 0. The molecule has 2 rings (SSSR count). The molecule has 0 spiro atoms. The highest BCUT2D eigenvalue weighted by Crippen LogP contribution is 2.14. The second-order valence-electron chi connectivity index (χ2n) is 4.27. The van der Waals surface area contributed by atoms with Crippen LogP contribution in [0.15, 0.2) is 12.4 Å². The lowest BCUT2D eigenvalue weighted by Gasteiger charge is -2.23. The van der Waals surface area contributed by atoms with Crippen molar-refractivity contribution in [3.8, 4) is 5.88 Å². The minimum atomic E-state index is 0.628. The van der Waals surface area contributed by atoms with Crippen molar-refractivity contribution in [2.75, 3.05) is 31.6 Å². The third-order valence-electron chi connectivity index (χ3n) is 2.91. The van der Waals surface area contributed by atoms with Gasteiger partial charge in [-0.05, 0) is 38.8 Å². The number of hydrogen-bond acceptors (Lipinski definition) is 5. The van der Waals surface area contributed by atoms with Crippen LogP contribution in [-0.4, -0.2) is 36.2 Å². The van der Waals surface area contributed by atoms with Crippen LogP contribution in [0.1, 0.15) is 19.8 Å². The molecule has 0 radical (unpaired) electrons. The molecule has 1 aliphatic heterocycles. The predicted molar refractivity (Wildman–Crippen MR) is 67.3 cm³/mol. The number of piperidine rings is 1. The second-order valence-corrected chi connectivity index (χ2v) is 4.27. The van der Waals surface area contributed by atoms with Gasteiger partial charge in [-0.2, -0.15) is 0 Å². The van der Waals surface area contributed by atoms with Gasteiger partial charge in [0.05, 0.1) is 6.61 Å². The molecule has 1 saturated heterocycles. The van der Waals surface area contributed by atoms with E-state index in [1.54, 1.807) is 0 Å². The van der Waals surface area contributed by atoms with Gasteiger partial charge in [0.2, 0.25) is 5.88 Å². The Bertz CT molecular complexity index is 339. The molecule has 0 aliphatic carbocycles. The van der Waals surface area contributed by atoms with Gasteiger partial charge in [0.1, 0.15) is 12.1 Å². The Morgan fingerprint density at radius 3 is 3.24 bits per heavy atom. The molecule has 1 unspecified atom stereocenters. The van der Waals surface area contributed by atoms with Gasteiger partial charge < -0.3 is 15.4 Å². The Morgan fingerprint density at radius 1 is 1.53 bits per heavy atom. The molecule has 94 valence electrons. The van der Waals surface area contributed by atoms with Gasteiger partial charge in [-0.1, -0.05) is 0 Å². The molecule has 2 heterocycles. The molecule has 2 N–H and O–H groups in total. The fourth-order valence-electron chi connectivity index (χ4n) is 2.01. The Balaban J connectivity index is 1.83. The lowest BCUT2D eigenvalue weighted by atomic mass is 10.00. The van der Waals surface area contributed by atoms with Crippen molar-refractivity contribution >= 4 is 5.82 Å². The van der Waals surface area contributed by atoms with Crippen molar-refractivity contribution < 1.29 is 4.74 Å². The first-order chi connectivity index (χ1) is 8.38. The van der Waals surface area contributed by atoms with Crippen molar-refractivity contribution in [1.82, 2.24) is 15.3 Å². The molecule has 0 amide bonds. The third-order valence-corrected chi connectivity index (χ3v) is 2.91. The number of aromatic nitrogens is 2. The first-order valence-electron chi connectivity index (χ1n) is 6.28. The molecule has 1 fully saturated rings. The first-order valence-corrected chi connectivity index (χ1v) is 6.28. The summed E-state index contributed by atoms with van der Waals surface area (Å²) in [5.74, 6) is 2.16. The van der Waals surface area contributed by atoms with Gasteiger partial charge in [-0.15, -0.1) is 0 Å². The summed E-state index contributed by atoms with van der Waals surface area (Å²) in [6, 6.07) is 1.85. The fraction of sp³-hybridized carbons (Fsp3) is 0.667. The van der Waals surface area contributed by atoms with E-state index in [0.29, 0.717) is 18.4 Å². The van der Waals surface area contributed by atoms with E-state index in [1.165, 1.54) is 19.2 Å². The maximum Gasteiger partial charge on any atom is 0.218 e. The standard InChI is InChI=1S/C12H20N4O/c1-2-17-12-6-11(15-9-16-12)14-8-10-4-3-5-13-7-10/h6,9-10,13H,2-5,7-8H2,1H3,(H,14,15,16). The van der Waals surface area contributed by atoms with Crippen molar-refractivity contribution in [2.45, 2.75) is 19.8 Å². The molecule has 1 aromatic heterocycles. The summed E-state index contributed by atoms with van der Waals surface area (Å²) in [5, 5.41) is 6.75. The highest BCUT2D eigenvalue weighted by Gasteiger charge is 2.12. The lowest BCUT2D eigenvalue weighted by molar-refractivity contribution is 0.326. The van der Waals surface area contributed by atoms with Crippen LogP contribution in [0.2, 0.25) is 0 Å². The summed E-state index contributed by atoms with van der Waals surface area (Å²) in [7, 11) is 0. The van der Waals surface area contributed by atoms with Crippen molar-refractivity contribution in [1.29, 1.82) is 0 Å². The van der Waals surface area contributed by atoms with E-state index < -0.39 is 0 Å². The average molecular weight is 236 g/mol. The SMILES string of the molecule is CCOc1cc(NCC2CCCNC2)ncn1. The Kier molecular flexibility index (Phi) is 4.55. The number of ether oxygens (including phenoxy) is 1. The van der Waals surface area contributed by atoms with Gasteiger partial charge >= 0.3 is 0 Å². The summed E-state index contributed by atoms with van der Waals surface area (Å²) in [5.41, 5.74) is 0. The summed E-state index contributed by atoms with van der Waals surface area (Å²) in [6.07, 6.45) is 4.08. The molecule has 5 heteroatoms. The molecule has 0 bridgehead atoms. The van der Waals surface area contributed by atoms with E-state index in [1.807, 2.05) is 13.0 Å². The second kappa shape index (κ2) is 6.39. The Hall–Kier alpha value is -1.36. The molecule has 0 saturated carbocycles. The molecule has 1 aromatic rings. The quantitative estimate of drug-likeness (QED) is 0.806. The van der Waals surface area contributed by atoms with Crippen LogP contribution in [0, 0.1) is 5.92 Å². The Labute approximate surface area is 102 Å². The predicted octanol–water partition coefficient (Wildman–Crippen LogP) is 1.29.